The molecule has 3 nitrogen and oxygen atoms in total. The lowest BCUT2D eigenvalue weighted by atomic mass is 10.0. The van der Waals surface area contributed by atoms with E-state index in [1.807, 2.05) is 0 Å². The first kappa shape index (κ1) is 24.4. The second-order valence-corrected chi connectivity index (χ2v) is 7.48. The smallest absolute Gasteiger partial charge is 0.220 e. The maximum Gasteiger partial charge on any atom is 0.220 e. The second-order valence-electron chi connectivity index (χ2n) is 7.48. The van der Waals surface area contributed by atoms with Crippen molar-refractivity contribution in [1.29, 1.82) is 0 Å². The molecule has 0 aliphatic heterocycles. The van der Waals surface area contributed by atoms with Gasteiger partial charge in [-0.25, -0.2) is 0 Å². The highest BCUT2D eigenvalue weighted by Crippen LogP contribution is 2.14. The molecule has 0 unspecified atom stereocenters. The Morgan fingerprint density at radius 2 is 1.00 bits per heavy atom. The van der Waals surface area contributed by atoms with Crippen LogP contribution < -0.4 is 5.32 Å². The van der Waals surface area contributed by atoms with Crippen LogP contribution in [0.25, 0.3) is 0 Å². The van der Waals surface area contributed by atoms with E-state index in [2.05, 4.69) is 12.2 Å². The van der Waals surface area contributed by atoms with Gasteiger partial charge >= 0.3 is 0 Å². The van der Waals surface area contributed by atoms with Crippen LogP contribution >= 0.6 is 0 Å². The number of hydrogen-bond acceptors (Lipinski definition) is 2. The standard InChI is InChI=1S/C22H45NO2/c1-2-3-4-5-6-7-8-9-10-11-12-13-14-15-16-17-18-19-22(25)23-20-21-24/h24H,2-21H2,1H3,(H,23,25). The zero-order chi connectivity index (χ0) is 18.4. The van der Waals surface area contributed by atoms with Gasteiger partial charge in [-0.2, -0.15) is 0 Å². The number of unbranched alkanes of at least 4 members (excludes halogenated alkanes) is 16. The highest BCUT2D eigenvalue weighted by atomic mass is 16.3. The van der Waals surface area contributed by atoms with Gasteiger partial charge in [0.05, 0.1) is 6.61 Å². The first-order valence-corrected chi connectivity index (χ1v) is 11.2. The summed E-state index contributed by atoms with van der Waals surface area (Å²) >= 11 is 0. The van der Waals surface area contributed by atoms with Crippen LogP contribution in [0.4, 0.5) is 0 Å². The number of hydrogen-bond donors (Lipinski definition) is 2. The Balaban J connectivity index is 3.04. The Labute approximate surface area is 157 Å². The fraction of sp³-hybridized carbons (Fsp3) is 0.955. The van der Waals surface area contributed by atoms with Crippen LogP contribution in [0.5, 0.6) is 0 Å². The molecule has 0 fully saturated rings. The molecule has 1 amide bonds. The quantitative estimate of drug-likeness (QED) is 0.258. The topological polar surface area (TPSA) is 49.3 Å². The Morgan fingerprint density at radius 3 is 1.36 bits per heavy atom. The van der Waals surface area contributed by atoms with Crippen molar-refractivity contribution < 1.29 is 9.90 Å². The Hall–Kier alpha value is -0.570. The zero-order valence-corrected chi connectivity index (χ0v) is 17.0. The maximum atomic E-state index is 11.3. The van der Waals surface area contributed by atoms with Crippen molar-refractivity contribution in [3.63, 3.8) is 0 Å². The Kier molecular flexibility index (Phi) is 21.0. The van der Waals surface area contributed by atoms with Crippen molar-refractivity contribution in [1.82, 2.24) is 5.32 Å². The van der Waals surface area contributed by atoms with Crippen LogP contribution in [0.2, 0.25) is 0 Å². The molecule has 0 heterocycles. The van der Waals surface area contributed by atoms with Gasteiger partial charge in [-0.3, -0.25) is 4.79 Å². The van der Waals surface area contributed by atoms with Crippen molar-refractivity contribution >= 4 is 5.91 Å². The molecule has 0 aliphatic rings. The van der Waals surface area contributed by atoms with Crippen molar-refractivity contribution in [3.8, 4) is 0 Å². The number of aliphatic hydroxyl groups excluding tert-OH is 1. The molecule has 0 saturated heterocycles. The molecule has 0 aromatic carbocycles. The molecular formula is C22H45NO2. The number of amides is 1. The highest BCUT2D eigenvalue weighted by Gasteiger charge is 1.99. The molecule has 2 N–H and O–H groups in total. The second kappa shape index (κ2) is 21.5. The van der Waals surface area contributed by atoms with E-state index in [-0.39, 0.29) is 12.5 Å². The van der Waals surface area contributed by atoms with Gasteiger partial charge in [-0.1, -0.05) is 110 Å². The van der Waals surface area contributed by atoms with E-state index in [1.54, 1.807) is 0 Å². The summed E-state index contributed by atoms with van der Waals surface area (Å²) in [5.41, 5.74) is 0. The molecule has 0 aromatic rings. The maximum absolute atomic E-state index is 11.3. The van der Waals surface area contributed by atoms with E-state index in [9.17, 15) is 4.79 Å². The lowest BCUT2D eigenvalue weighted by molar-refractivity contribution is -0.121. The fourth-order valence-electron chi connectivity index (χ4n) is 3.29. The van der Waals surface area contributed by atoms with Crippen molar-refractivity contribution in [2.45, 2.75) is 122 Å². The van der Waals surface area contributed by atoms with Crippen LogP contribution in [0.3, 0.4) is 0 Å². The van der Waals surface area contributed by atoms with Gasteiger partial charge in [-0.05, 0) is 6.42 Å². The molecule has 25 heavy (non-hydrogen) atoms. The normalized spacial score (nSPS) is 11.0. The van der Waals surface area contributed by atoms with E-state index < -0.39 is 0 Å². The summed E-state index contributed by atoms with van der Waals surface area (Å²) in [6.07, 6.45) is 23.7. The minimum Gasteiger partial charge on any atom is -0.395 e. The van der Waals surface area contributed by atoms with Crippen LogP contribution in [0.15, 0.2) is 0 Å². The Bertz CT molecular complexity index is 269. The first-order chi connectivity index (χ1) is 12.3. The average Bonchev–Trinajstić information content (AvgIpc) is 2.62. The van der Waals surface area contributed by atoms with Crippen LogP contribution in [0.1, 0.15) is 122 Å². The van der Waals surface area contributed by atoms with Gasteiger partial charge in [0, 0.05) is 13.0 Å². The SMILES string of the molecule is CCCCCCCCCCCCCCCCCCCC(=O)NCCO. The number of carbonyl (C=O) groups excluding carboxylic acids is 1. The number of aliphatic hydroxyl groups is 1. The molecule has 0 radical (unpaired) electrons. The minimum atomic E-state index is 0.0325. The van der Waals surface area contributed by atoms with E-state index in [0.717, 1.165) is 12.8 Å². The molecule has 3 heteroatoms. The molecule has 0 aliphatic carbocycles. The summed E-state index contributed by atoms with van der Waals surface area (Å²) in [4.78, 5) is 11.3. The van der Waals surface area contributed by atoms with Crippen molar-refractivity contribution in [2.75, 3.05) is 13.2 Å². The van der Waals surface area contributed by atoms with Gasteiger partial charge in [0.2, 0.25) is 5.91 Å². The van der Waals surface area contributed by atoms with E-state index >= 15 is 0 Å². The molecule has 0 saturated carbocycles. The lowest BCUT2D eigenvalue weighted by Gasteiger charge is -2.04. The third kappa shape index (κ3) is 21.4. The molecule has 0 atom stereocenters. The predicted molar refractivity (Wildman–Crippen MR) is 109 cm³/mol. The monoisotopic (exact) mass is 355 g/mol. The minimum absolute atomic E-state index is 0.0325. The average molecular weight is 356 g/mol. The summed E-state index contributed by atoms with van der Waals surface area (Å²) < 4.78 is 0. The van der Waals surface area contributed by atoms with Crippen molar-refractivity contribution in [2.24, 2.45) is 0 Å². The van der Waals surface area contributed by atoms with E-state index in [0.29, 0.717) is 13.0 Å². The summed E-state index contributed by atoms with van der Waals surface area (Å²) in [6, 6.07) is 0. The molecule has 0 bridgehead atoms. The fourth-order valence-corrected chi connectivity index (χ4v) is 3.29. The summed E-state index contributed by atoms with van der Waals surface area (Å²) in [7, 11) is 0. The molecule has 0 aromatic heterocycles. The zero-order valence-electron chi connectivity index (χ0n) is 17.0. The van der Waals surface area contributed by atoms with Gasteiger partial charge in [0.15, 0.2) is 0 Å². The Morgan fingerprint density at radius 1 is 0.640 bits per heavy atom. The lowest BCUT2D eigenvalue weighted by Crippen LogP contribution is -2.25. The third-order valence-electron chi connectivity index (χ3n) is 4.94. The number of nitrogens with one attached hydrogen (secondary N) is 1. The third-order valence-corrected chi connectivity index (χ3v) is 4.94. The first-order valence-electron chi connectivity index (χ1n) is 11.2. The molecule has 150 valence electrons. The van der Waals surface area contributed by atoms with Gasteiger partial charge in [0.1, 0.15) is 0 Å². The highest BCUT2D eigenvalue weighted by molar-refractivity contribution is 5.75. The van der Waals surface area contributed by atoms with Crippen molar-refractivity contribution in [3.05, 3.63) is 0 Å². The molecule has 0 spiro atoms. The number of carbonyl (C=O) groups is 1. The number of rotatable bonds is 20. The summed E-state index contributed by atoms with van der Waals surface area (Å²) in [5.74, 6) is 0.0787. The summed E-state index contributed by atoms with van der Waals surface area (Å²) in [5, 5.41) is 11.3. The summed E-state index contributed by atoms with van der Waals surface area (Å²) in [6.45, 7) is 2.70. The largest absolute Gasteiger partial charge is 0.395 e. The molecule has 0 rings (SSSR count). The van der Waals surface area contributed by atoms with Crippen LogP contribution in [0, 0.1) is 0 Å². The van der Waals surface area contributed by atoms with E-state index in [1.165, 1.54) is 96.3 Å². The van der Waals surface area contributed by atoms with Gasteiger partial charge in [0.25, 0.3) is 0 Å². The van der Waals surface area contributed by atoms with Crippen LogP contribution in [-0.2, 0) is 4.79 Å². The van der Waals surface area contributed by atoms with Crippen LogP contribution in [-0.4, -0.2) is 24.2 Å². The van der Waals surface area contributed by atoms with E-state index in [4.69, 9.17) is 5.11 Å². The van der Waals surface area contributed by atoms with Gasteiger partial charge < -0.3 is 10.4 Å². The van der Waals surface area contributed by atoms with Gasteiger partial charge in [-0.15, -0.1) is 0 Å². The molecular weight excluding hydrogens is 310 g/mol. The predicted octanol–water partition coefficient (Wildman–Crippen LogP) is 6.14.